The first-order valence-corrected chi connectivity index (χ1v) is 10.9. The molecule has 8 nitrogen and oxygen atoms in total. The predicted octanol–water partition coefficient (Wildman–Crippen LogP) is 1.44. The van der Waals surface area contributed by atoms with Gasteiger partial charge in [0.15, 0.2) is 0 Å². The summed E-state index contributed by atoms with van der Waals surface area (Å²) in [6.07, 6.45) is 1.60. The molecule has 0 aliphatic carbocycles. The Kier molecular flexibility index (Phi) is 6.49. The molecule has 0 bridgehead atoms. The van der Waals surface area contributed by atoms with Crippen molar-refractivity contribution in [2.45, 2.75) is 30.3 Å². The Morgan fingerprint density at radius 2 is 2.00 bits per heavy atom. The van der Waals surface area contributed by atoms with Crippen LogP contribution >= 0.6 is 0 Å². The van der Waals surface area contributed by atoms with E-state index < -0.39 is 21.7 Å². The van der Waals surface area contributed by atoms with Crippen LogP contribution in [-0.4, -0.2) is 44.8 Å². The highest BCUT2D eigenvalue weighted by molar-refractivity contribution is 7.89. The number of carbonyl (C=O) groups is 2. The van der Waals surface area contributed by atoms with Gasteiger partial charge >= 0.3 is 0 Å². The highest BCUT2D eigenvalue weighted by Gasteiger charge is 2.28. The number of sulfonamides is 1. The molecule has 0 radical (unpaired) electrons. The number of hydrogen-bond donors (Lipinski definition) is 3. The zero-order valence-corrected chi connectivity index (χ0v) is 17.2. The lowest BCUT2D eigenvalue weighted by Gasteiger charge is -2.22. The minimum absolute atomic E-state index is 0.211. The maximum Gasteiger partial charge on any atom is 0.258 e. The third kappa shape index (κ3) is 4.84. The van der Waals surface area contributed by atoms with Crippen molar-refractivity contribution in [2.75, 3.05) is 18.9 Å². The van der Waals surface area contributed by atoms with Crippen molar-refractivity contribution in [3.05, 3.63) is 59.4 Å². The largest absolute Gasteiger partial charge is 0.368 e. The number of benzene rings is 2. The smallest absolute Gasteiger partial charge is 0.258 e. The topological polar surface area (TPSA) is 122 Å². The number of likely N-dealkylation sites (tertiary alicyclic amines) is 1. The van der Waals surface area contributed by atoms with Crippen LogP contribution < -0.4 is 15.8 Å². The van der Waals surface area contributed by atoms with Crippen LogP contribution in [0.25, 0.3) is 0 Å². The second kappa shape index (κ2) is 8.90. The number of amides is 2. The summed E-state index contributed by atoms with van der Waals surface area (Å²) in [5.74, 6) is -1.96. The number of anilines is 1. The van der Waals surface area contributed by atoms with Gasteiger partial charge in [-0.1, -0.05) is 12.1 Å². The summed E-state index contributed by atoms with van der Waals surface area (Å²) in [4.78, 5) is 25.9. The Morgan fingerprint density at radius 3 is 2.70 bits per heavy atom. The first-order valence-electron chi connectivity index (χ1n) is 9.38. The van der Waals surface area contributed by atoms with Crippen molar-refractivity contribution in [1.82, 2.24) is 9.62 Å². The average molecular weight is 434 g/mol. The fourth-order valence-corrected chi connectivity index (χ4v) is 4.24. The Morgan fingerprint density at radius 1 is 1.23 bits per heavy atom. The van der Waals surface area contributed by atoms with E-state index in [1.54, 1.807) is 18.2 Å². The molecule has 1 saturated heterocycles. The molecule has 0 spiro atoms. The molecule has 2 aromatic carbocycles. The molecule has 10 heteroatoms. The molecule has 1 aliphatic heterocycles. The summed E-state index contributed by atoms with van der Waals surface area (Å²) in [5.41, 5.74) is 6.34. The number of halogens is 1. The van der Waals surface area contributed by atoms with Crippen LogP contribution in [0.3, 0.4) is 0 Å². The Balaban J connectivity index is 1.77. The molecule has 0 saturated carbocycles. The molecular formula is C20H23FN4O4S. The number of nitrogens with two attached hydrogens (primary N) is 1. The van der Waals surface area contributed by atoms with Crippen molar-refractivity contribution in [2.24, 2.45) is 5.73 Å². The quantitative estimate of drug-likeness (QED) is 0.609. The monoisotopic (exact) mass is 434 g/mol. The number of primary amides is 1. The van der Waals surface area contributed by atoms with Gasteiger partial charge in [-0.25, -0.2) is 17.5 Å². The Bertz CT molecular complexity index is 1070. The minimum atomic E-state index is -3.82. The second-order valence-corrected chi connectivity index (χ2v) is 8.92. The van der Waals surface area contributed by atoms with E-state index in [0.717, 1.165) is 43.1 Å². The zero-order valence-electron chi connectivity index (χ0n) is 16.4. The molecule has 160 valence electrons. The van der Waals surface area contributed by atoms with E-state index in [4.69, 9.17) is 5.73 Å². The van der Waals surface area contributed by atoms with Crippen LogP contribution in [0.1, 0.15) is 28.8 Å². The van der Waals surface area contributed by atoms with Crippen LogP contribution in [0.5, 0.6) is 0 Å². The van der Waals surface area contributed by atoms with Crippen LogP contribution in [0.15, 0.2) is 47.4 Å². The van der Waals surface area contributed by atoms with E-state index in [2.05, 4.69) is 10.0 Å². The van der Waals surface area contributed by atoms with Crippen molar-refractivity contribution in [3.63, 3.8) is 0 Å². The number of hydrogen-bond acceptors (Lipinski definition) is 5. The molecule has 0 aromatic heterocycles. The average Bonchev–Trinajstić information content (AvgIpc) is 3.16. The molecule has 30 heavy (non-hydrogen) atoms. The molecular weight excluding hydrogens is 411 g/mol. The van der Waals surface area contributed by atoms with E-state index in [-0.39, 0.29) is 22.4 Å². The number of rotatable bonds is 7. The Hall–Kier alpha value is -2.82. The second-order valence-electron chi connectivity index (χ2n) is 7.03. The number of carbonyl (C=O) groups excluding carboxylic acids is 2. The van der Waals surface area contributed by atoms with Crippen LogP contribution in [-0.2, 0) is 21.4 Å². The van der Waals surface area contributed by atoms with Gasteiger partial charge in [-0.05, 0) is 62.3 Å². The molecule has 1 aliphatic rings. The lowest BCUT2D eigenvalue weighted by molar-refractivity contribution is -0.122. The summed E-state index contributed by atoms with van der Waals surface area (Å²) in [7, 11) is -2.59. The molecule has 1 unspecified atom stereocenters. The lowest BCUT2D eigenvalue weighted by Crippen LogP contribution is -2.39. The normalized spacial score (nSPS) is 17.1. The van der Waals surface area contributed by atoms with Gasteiger partial charge in [0.1, 0.15) is 5.82 Å². The lowest BCUT2D eigenvalue weighted by atomic mass is 10.1. The fraction of sp³-hybridized carbons (Fsp3) is 0.300. The zero-order chi connectivity index (χ0) is 21.9. The molecule has 1 fully saturated rings. The molecule has 1 atom stereocenters. The maximum atomic E-state index is 14.2. The van der Waals surface area contributed by atoms with E-state index in [0.29, 0.717) is 12.2 Å². The van der Waals surface area contributed by atoms with E-state index in [9.17, 15) is 22.4 Å². The van der Waals surface area contributed by atoms with Gasteiger partial charge < -0.3 is 11.1 Å². The maximum absolute atomic E-state index is 14.2. The standard InChI is InChI=1S/C20H23FN4O4S/c1-23-30(28,29)15-7-8-17(21)16(11-15)20(27)24-14-5-2-4-13(10-14)12-25-9-3-6-18(25)19(22)26/h2,4-5,7-8,10-11,18,23H,3,6,9,12H2,1H3,(H2,22,26)(H,24,27). The van der Waals surface area contributed by atoms with Gasteiger partial charge in [0.05, 0.1) is 16.5 Å². The van der Waals surface area contributed by atoms with Gasteiger partial charge in [-0.2, -0.15) is 0 Å². The van der Waals surface area contributed by atoms with E-state index >= 15 is 0 Å². The van der Waals surface area contributed by atoms with Gasteiger partial charge in [0, 0.05) is 12.2 Å². The summed E-state index contributed by atoms with van der Waals surface area (Å²) in [6, 6.07) is 9.65. The van der Waals surface area contributed by atoms with Crippen LogP contribution in [0.2, 0.25) is 0 Å². The third-order valence-electron chi connectivity index (χ3n) is 5.02. The SMILES string of the molecule is CNS(=O)(=O)c1ccc(F)c(C(=O)Nc2cccc(CN3CCCC3C(N)=O)c2)c1. The van der Waals surface area contributed by atoms with Gasteiger partial charge in [0.25, 0.3) is 5.91 Å². The molecule has 2 aromatic rings. The van der Waals surface area contributed by atoms with E-state index in [1.807, 2.05) is 11.0 Å². The summed E-state index contributed by atoms with van der Waals surface area (Å²) >= 11 is 0. The van der Waals surface area contributed by atoms with Crippen molar-refractivity contribution < 1.29 is 22.4 Å². The first-order chi connectivity index (χ1) is 14.2. The highest BCUT2D eigenvalue weighted by Crippen LogP contribution is 2.22. The van der Waals surface area contributed by atoms with Gasteiger partial charge in [-0.15, -0.1) is 0 Å². The van der Waals surface area contributed by atoms with Crippen LogP contribution in [0.4, 0.5) is 10.1 Å². The molecule has 4 N–H and O–H groups in total. The summed E-state index contributed by atoms with van der Waals surface area (Å²) < 4.78 is 40.1. The molecule has 1 heterocycles. The first kappa shape index (κ1) is 21.9. The third-order valence-corrected chi connectivity index (χ3v) is 6.44. The number of nitrogens with one attached hydrogen (secondary N) is 2. The summed E-state index contributed by atoms with van der Waals surface area (Å²) in [5, 5.41) is 2.59. The minimum Gasteiger partial charge on any atom is -0.368 e. The van der Waals surface area contributed by atoms with E-state index in [1.165, 1.54) is 7.05 Å². The fourth-order valence-electron chi connectivity index (χ4n) is 3.48. The van der Waals surface area contributed by atoms with Gasteiger partial charge in [0.2, 0.25) is 15.9 Å². The predicted molar refractivity (Wildman–Crippen MR) is 110 cm³/mol. The van der Waals surface area contributed by atoms with Crippen molar-refractivity contribution >= 4 is 27.5 Å². The van der Waals surface area contributed by atoms with Gasteiger partial charge in [-0.3, -0.25) is 14.5 Å². The van der Waals surface area contributed by atoms with Crippen LogP contribution in [0, 0.1) is 5.82 Å². The summed E-state index contributed by atoms with van der Waals surface area (Å²) in [6.45, 7) is 1.24. The number of nitrogens with zero attached hydrogens (tertiary/aromatic N) is 1. The van der Waals surface area contributed by atoms with Crippen molar-refractivity contribution in [1.29, 1.82) is 0 Å². The Labute approximate surface area is 174 Å². The van der Waals surface area contributed by atoms with Crippen molar-refractivity contribution in [3.8, 4) is 0 Å². The highest BCUT2D eigenvalue weighted by atomic mass is 32.2. The molecule has 2 amide bonds. The molecule has 3 rings (SSSR count).